The molecule has 0 aliphatic heterocycles. The summed E-state index contributed by atoms with van der Waals surface area (Å²) in [5, 5.41) is 15.7. The summed E-state index contributed by atoms with van der Waals surface area (Å²) in [7, 11) is 3.46. The van der Waals surface area contributed by atoms with E-state index < -0.39 is 6.17 Å². The predicted octanol–water partition coefficient (Wildman–Crippen LogP) is 3.30. The van der Waals surface area contributed by atoms with Gasteiger partial charge in [0.2, 0.25) is 0 Å². The molecule has 1 aliphatic carbocycles. The SMILES string of the molecule is CNC(NO)C(C)N(C)C(=O)c1ccc(-c2ccc(NC3CCC3)cc2)cc1. The Morgan fingerprint density at radius 3 is 2.11 bits per heavy atom. The highest BCUT2D eigenvalue weighted by Crippen LogP contribution is 2.26. The molecule has 2 aromatic carbocycles. The van der Waals surface area contributed by atoms with Crippen LogP contribution in [0.25, 0.3) is 11.1 Å². The van der Waals surface area contributed by atoms with E-state index >= 15 is 0 Å². The highest BCUT2D eigenvalue weighted by Gasteiger charge is 2.23. The maximum absolute atomic E-state index is 12.7. The normalized spacial score (nSPS) is 16.1. The Bertz CT molecular complexity index is 768. The molecule has 4 N–H and O–H groups in total. The van der Waals surface area contributed by atoms with Gasteiger partial charge in [-0.05, 0) is 68.6 Å². The van der Waals surface area contributed by atoms with Gasteiger partial charge in [-0.3, -0.25) is 4.79 Å². The Morgan fingerprint density at radius 2 is 1.64 bits per heavy atom. The second kappa shape index (κ2) is 9.19. The quantitative estimate of drug-likeness (QED) is 0.416. The zero-order valence-electron chi connectivity index (χ0n) is 16.8. The first-order chi connectivity index (χ1) is 13.5. The summed E-state index contributed by atoms with van der Waals surface area (Å²) in [6.07, 6.45) is 3.43. The Labute approximate surface area is 166 Å². The number of amides is 1. The fraction of sp³-hybridized carbons (Fsp3) is 0.409. The van der Waals surface area contributed by atoms with Crippen molar-refractivity contribution < 1.29 is 10.0 Å². The molecule has 0 bridgehead atoms. The molecule has 0 saturated heterocycles. The number of hydrogen-bond acceptors (Lipinski definition) is 5. The van der Waals surface area contributed by atoms with Crippen molar-refractivity contribution in [2.45, 2.75) is 44.4 Å². The first kappa shape index (κ1) is 20.3. The lowest BCUT2D eigenvalue weighted by atomic mass is 9.93. The Kier molecular flexibility index (Phi) is 6.67. The summed E-state index contributed by atoms with van der Waals surface area (Å²) in [6.45, 7) is 1.87. The van der Waals surface area contributed by atoms with Gasteiger partial charge in [-0.25, -0.2) is 0 Å². The fourth-order valence-electron chi connectivity index (χ4n) is 3.38. The van der Waals surface area contributed by atoms with Crippen molar-refractivity contribution >= 4 is 11.6 Å². The lowest BCUT2D eigenvalue weighted by molar-refractivity contribution is 0.0493. The van der Waals surface area contributed by atoms with E-state index in [1.165, 1.54) is 19.3 Å². The van der Waals surface area contributed by atoms with E-state index in [1.807, 2.05) is 31.2 Å². The molecule has 1 amide bonds. The molecule has 0 radical (unpaired) electrons. The van der Waals surface area contributed by atoms with Crippen LogP contribution in [-0.2, 0) is 0 Å². The third kappa shape index (κ3) is 4.52. The van der Waals surface area contributed by atoms with Gasteiger partial charge in [0.25, 0.3) is 5.91 Å². The number of nitrogens with one attached hydrogen (secondary N) is 3. The van der Waals surface area contributed by atoms with Crippen molar-refractivity contribution in [1.29, 1.82) is 0 Å². The van der Waals surface area contributed by atoms with Crippen LogP contribution in [0.5, 0.6) is 0 Å². The molecule has 2 unspecified atom stereocenters. The Morgan fingerprint density at radius 1 is 1.07 bits per heavy atom. The lowest BCUT2D eigenvalue weighted by Gasteiger charge is -2.31. The van der Waals surface area contributed by atoms with Crippen LogP contribution >= 0.6 is 0 Å². The Balaban J connectivity index is 1.66. The van der Waals surface area contributed by atoms with Crippen molar-refractivity contribution in [3.8, 4) is 11.1 Å². The van der Waals surface area contributed by atoms with E-state index in [4.69, 9.17) is 0 Å². The largest absolute Gasteiger partial charge is 0.382 e. The zero-order valence-corrected chi connectivity index (χ0v) is 16.8. The third-order valence-corrected chi connectivity index (χ3v) is 5.69. The molecule has 28 heavy (non-hydrogen) atoms. The van der Waals surface area contributed by atoms with Crippen LogP contribution in [0, 0.1) is 0 Å². The van der Waals surface area contributed by atoms with E-state index in [0.717, 1.165) is 16.8 Å². The predicted molar refractivity (Wildman–Crippen MR) is 112 cm³/mol. The molecule has 0 aromatic heterocycles. The molecule has 2 aromatic rings. The maximum atomic E-state index is 12.7. The van der Waals surface area contributed by atoms with Crippen molar-refractivity contribution in [3.63, 3.8) is 0 Å². The average Bonchev–Trinajstić information content (AvgIpc) is 2.71. The smallest absolute Gasteiger partial charge is 0.253 e. The van der Waals surface area contributed by atoms with Gasteiger partial charge in [-0.2, -0.15) is 5.48 Å². The summed E-state index contributed by atoms with van der Waals surface area (Å²) in [4.78, 5) is 14.3. The second-order valence-corrected chi connectivity index (χ2v) is 7.48. The van der Waals surface area contributed by atoms with Crippen LogP contribution < -0.4 is 16.1 Å². The van der Waals surface area contributed by atoms with E-state index in [0.29, 0.717) is 11.6 Å². The van der Waals surface area contributed by atoms with E-state index in [2.05, 4.69) is 40.4 Å². The van der Waals surface area contributed by atoms with Crippen LogP contribution in [0.3, 0.4) is 0 Å². The van der Waals surface area contributed by atoms with Crippen molar-refractivity contribution in [2.75, 3.05) is 19.4 Å². The molecular weight excluding hydrogens is 352 g/mol. The standard InChI is InChI=1S/C22H30N4O2/c1-15(21(23-2)25-28)26(3)22(27)18-9-7-16(8-10-18)17-11-13-20(14-12-17)24-19-5-4-6-19/h7-15,19,21,23-25,28H,4-6H2,1-3H3. The van der Waals surface area contributed by atoms with Gasteiger partial charge in [-0.15, -0.1) is 0 Å². The summed E-state index contributed by atoms with van der Waals surface area (Å²) < 4.78 is 0. The van der Waals surface area contributed by atoms with Crippen molar-refractivity contribution in [1.82, 2.24) is 15.7 Å². The fourth-order valence-corrected chi connectivity index (χ4v) is 3.38. The topological polar surface area (TPSA) is 76.6 Å². The van der Waals surface area contributed by atoms with Crippen molar-refractivity contribution in [2.24, 2.45) is 0 Å². The highest BCUT2D eigenvalue weighted by molar-refractivity contribution is 5.94. The van der Waals surface area contributed by atoms with Gasteiger partial charge in [0.15, 0.2) is 0 Å². The number of hydroxylamine groups is 1. The van der Waals surface area contributed by atoms with Crippen LogP contribution in [0.4, 0.5) is 5.69 Å². The summed E-state index contributed by atoms with van der Waals surface area (Å²) in [5.74, 6) is -0.0883. The number of nitrogens with zero attached hydrogens (tertiary/aromatic N) is 1. The van der Waals surface area contributed by atoms with Gasteiger partial charge in [0, 0.05) is 24.3 Å². The van der Waals surface area contributed by atoms with Crippen molar-refractivity contribution in [3.05, 3.63) is 54.1 Å². The number of rotatable bonds is 8. The molecule has 0 spiro atoms. The van der Waals surface area contributed by atoms with E-state index in [1.54, 1.807) is 19.0 Å². The molecule has 150 valence electrons. The minimum Gasteiger partial charge on any atom is -0.382 e. The number of anilines is 1. The first-order valence-electron chi connectivity index (χ1n) is 9.84. The molecule has 6 heteroatoms. The minimum absolute atomic E-state index is 0.0883. The summed E-state index contributed by atoms with van der Waals surface area (Å²) in [5.41, 5.74) is 6.16. The number of likely N-dealkylation sites (N-methyl/N-ethyl adjacent to an activating group) is 2. The Hall–Kier alpha value is -2.41. The van der Waals surface area contributed by atoms with Gasteiger partial charge in [-0.1, -0.05) is 24.3 Å². The first-order valence-corrected chi connectivity index (χ1v) is 9.84. The molecule has 1 fully saturated rings. The second-order valence-electron chi connectivity index (χ2n) is 7.48. The third-order valence-electron chi connectivity index (χ3n) is 5.69. The lowest BCUT2D eigenvalue weighted by Crippen LogP contribution is -2.54. The number of carbonyl (C=O) groups is 1. The van der Waals surface area contributed by atoms with Crippen LogP contribution in [-0.4, -0.2) is 48.4 Å². The van der Waals surface area contributed by atoms with Gasteiger partial charge < -0.3 is 20.7 Å². The molecular formula is C22H30N4O2. The highest BCUT2D eigenvalue weighted by atomic mass is 16.5. The molecule has 2 atom stereocenters. The van der Waals surface area contributed by atoms with Gasteiger partial charge >= 0.3 is 0 Å². The molecule has 1 aliphatic rings. The van der Waals surface area contributed by atoms with Crippen LogP contribution in [0.1, 0.15) is 36.5 Å². The summed E-state index contributed by atoms with van der Waals surface area (Å²) >= 11 is 0. The van der Waals surface area contributed by atoms with E-state index in [9.17, 15) is 10.0 Å². The van der Waals surface area contributed by atoms with Crippen LogP contribution in [0.2, 0.25) is 0 Å². The monoisotopic (exact) mass is 382 g/mol. The maximum Gasteiger partial charge on any atom is 0.253 e. The molecule has 1 saturated carbocycles. The zero-order chi connectivity index (χ0) is 20.1. The summed E-state index contributed by atoms with van der Waals surface area (Å²) in [6, 6.07) is 16.5. The van der Waals surface area contributed by atoms with E-state index in [-0.39, 0.29) is 11.9 Å². The molecule has 6 nitrogen and oxygen atoms in total. The number of benzene rings is 2. The minimum atomic E-state index is -0.403. The van der Waals surface area contributed by atoms with Crippen LogP contribution in [0.15, 0.2) is 48.5 Å². The number of carbonyl (C=O) groups excluding carboxylic acids is 1. The molecule has 3 rings (SSSR count). The number of hydrogen-bond donors (Lipinski definition) is 4. The average molecular weight is 383 g/mol. The van der Waals surface area contributed by atoms with Gasteiger partial charge in [0.1, 0.15) is 6.17 Å². The molecule has 0 heterocycles. The van der Waals surface area contributed by atoms with Gasteiger partial charge in [0.05, 0.1) is 6.04 Å².